The highest BCUT2D eigenvalue weighted by Crippen LogP contribution is 2.28. The van der Waals surface area contributed by atoms with E-state index in [-0.39, 0.29) is 36.4 Å². The zero-order chi connectivity index (χ0) is 17.3. The van der Waals surface area contributed by atoms with Crippen molar-refractivity contribution in [3.63, 3.8) is 0 Å². The lowest BCUT2D eigenvalue weighted by molar-refractivity contribution is -0.121. The van der Waals surface area contributed by atoms with Crippen molar-refractivity contribution in [2.45, 2.75) is 23.9 Å². The highest BCUT2D eigenvalue weighted by Gasteiger charge is 2.34. The van der Waals surface area contributed by atoms with Gasteiger partial charge in [-0.15, -0.1) is 0 Å². The van der Waals surface area contributed by atoms with Crippen LogP contribution in [-0.2, 0) is 21.4 Å². The van der Waals surface area contributed by atoms with Gasteiger partial charge < -0.3 is 5.32 Å². The molecule has 7 nitrogen and oxygen atoms in total. The molecule has 1 aromatic carbocycles. The number of benzene rings is 1. The summed E-state index contributed by atoms with van der Waals surface area (Å²) in [5.41, 5.74) is 0.751. The van der Waals surface area contributed by atoms with Gasteiger partial charge >= 0.3 is 0 Å². The Morgan fingerprint density at radius 3 is 2.92 bits per heavy atom. The van der Waals surface area contributed by atoms with Crippen molar-refractivity contribution < 1.29 is 13.2 Å². The van der Waals surface area contributed by atoms with Crippen LogP contribution in [0.1, 0.15) is 18.2 Å². The van der Waals surface area contributed by atoms with Crippen LogP contribution in [0.15, 0.2) is 41.4 Å². The van der Waals surface area contributed by atoms with E-state index in [0.29, 0.717) is 5.02 Å². The van der Waals surface area contributed by atoms with Crippen molar-refractivity contribution in [3.05, 3.63) is 47.2 Å². The Hall–Kier alpha value is -1.90. The summed E-state index contributed by atoms with van der Waals surface area (Å²) in [7, 11) is -2.15. The van der Waals surface area contributed by atoms with Crippen LogP contribution in [0.4, 0.5) is 0 Å². The van der Waals surface area contributed by atoms with E-state index in [4.69, 9.17) is 11.6 Å². The minimum Gasteiger partial charge on any atom is -0.359 e. The molecular weight excluding hydrogens is 352 g/mol. The average molecular weight is 369 g/mol. The number of fused-ring (bicyclic) bond motifs is 1. The minimum atomic E-state index is -3.70. The molecule has 1 aromatic heterocycles. The number of amides is 1. The standard InChI is InChI=1S/C15H17ClN4O3S/c1-17-15(21)8-13-10-19(9-12-5-6-18-20(12)13)24(22,23)14-4-2-3-11(16)7-14/h2-7,13H,8-10H2,1H3,(H,17,21). The summed E-state index contributed by atoms with van der Waals surface area (Å²) in [5.74, 6) is -0.163. The van der Waals surface area contributed by atoms with E-state index in [1.165, 1.54) is 16.4 Å². The van der Waals surface area contributed by atoms with E-state index in [0.717, 1.165) is 5.69 Å². The molecule has 0 fully saturated rings. The first-order chi connectivity index (χ1) is 11.4. The zero-order valence-corrected chi connectivity index (χ0v) is 14.6. The van der Waals surface area contributed by atoms with Crippen LogP contribution < -0.4 is 5.32 Å². The van der Waals surface area contributed by atoms with Crippen LogP contribution in [0.5, 0.6) is 0 Å². The lowest BCUT2D eigenvalue weighted by Gasteiger charge is -2.32. The quantitative estimate of drug-likeness (QED) is 0.884. The molecule has 0 aliphatic carbocycles. The summed E-state index contributed by atoms with van der Waals surface area (Å²) >= 11 is 5.92. The van der Waals surface area contributed by atoms with Gasteiger partial charge in [-0.25, -0.2) is 8.42 Å². The maximum absolute atomic E-state index is 12.9. The summed E-state index contributed by atoms with van der Waals surface area (Å²) in [6, 6.07) is 7.58. The van der Waals surface area contributed by atoms with Gasteiger partial charge in [0.05, 0.1) is 29.6 Å². The normalized spacial score (nSPS) is 18.2. The third-order valence-corrected chi connectivity index (χ3v) is 6.03. The second-order valence-electron chi connectivity index (χ2n) is 5.55. The first-order valence-corrected chi connectivity index (χ1v) is 9.22. The first-order valence-electron chi connectivity index (χ1n) is 7.40. The molecule has 0 spiro atoms. The lowest BCUT2D eigenvalue weighted by Crippen LogP contribution is -2.42. The molecule has 2 heterocycles. The van der Waals surface area contributed by atoms with Crippen LogP contribution in [0, 0.1) is 0 Å². The second-order valence-corrected chi connectivity index (χ2v) is 7.93. The molecule has 1 atom stereocenters. The van der Waals surface area contributed by atoms with Gasteiger partial charge in [0.15, 0.2) is 0 Å². The third kappa shape index (κ3) is 3.17. The highest BCUT2D eigenvalue weighted by molar-refractivity contribution is 7.89. The topological polar surface area (TPSA) is 84.3 Å². The summed E-state index contributed by atoms with van der Waals surface area (Å²) in [6.45, 7) is 0.385. The molecule has 1 amide bonds. The molecule has 1 N–H and O–H groups in total. The number of carbonyl (C=O) groups is 1. The fraction of sp³-hybridized carbons (Fsp3) is 0.333. The number of aromatic nitrogens is 2. The molecule has 1 unspecified atom stereocenters. The van der Waals surface area contributed by atoms with Crippen molar-refractivity contribution in [1.82, 2.24) is 19.4 Å². The number of carbonyl (C=O) groups excluding carboxylic acids is 1. The molecule has 9 heteroatoms. The van der Waals surface area contributed by atoms with Crippen molar-refractivity contribution in [3.8, 4) is 0 Å². The van der Waals surface area contributed by atoms with E-state index in [1.54, 1.807) is 36.1 Å². The van der Waals surface area contributed by atoms with E-state index in [1.807, 2.05) is 0 Å². The van der Waals surface area contributed by atoms with Crippen LogP contribution in [0.3, 0.4) is 0 Å². The predicted octanol–water partition coefficient (Wildman–Crippen LogP) is 1.42. The van der Waals surface area contributed by atoms with Gasteiger partial charge in [0.2, 0.25) is 15.9 Å². The van der Waals surface area contributed by atoms with E-state index >= 15 is 0 Å². The van der Waals surface area contributed by atoms with Gasteiger partial charge in [0.1, 0.15) is 0 Å². The minimum absolute atomic E-state index is 0.140. The molecule has 0 bridgehead atoms. The summed E-state index contributed by atoms with van der Waals surface area (Å²) in [6.07, 6.45) is 1.77. The number of hydrogen-bond acceptors (Lipinski definition) is 4. The Kier molecular flexibility index (Phi) is 4.62. The number of rotatable bonds is 4. The van der Waals surface area contributed by atoms with Crippen molar-refractivity contribution >= 4 is 27.5 Å². The van der Waals surface area contributed by atoms with E-state index < -0.39 is 10.0 Å². The molecule has 2 aromatic rings. The van der Waals surface area contributed by atoms with Crippen molar-refractivity contribution in [2.75, 3.05) is 13.6 Å². The fourth-order valence-electron chi connectivity index (χ4n) is 2.78. The number of nitrogens with one attached hydrogen (secondary N) is 1. The molecule has 24 heavy (non-hydrogen) atoms. The maximum Gasteiger partial charge on any atom is 0.243 e. The predicted molar refractivity (Wildman–Crippen MR) is 89.0 cm³/mol. The molecule has 128 valence electrons. The van der Waals surface area contributed by atoms with Gasteiger partial charge in [0, 0.05) is 24.8 Å². The molecule has 0 radical (unpaired) electrons. The van der Waals surface area contributed by atoms with Crippen LogP contribution in [0.25, 0.3) is 0 Å². The SMILES string of the molecule is CNC(=O)CC1CN(S(=O)(=O)c2cccc(Cl)c2)Cc2ccnn21. The van der Waals surface area contributed by atoms with Crippen LogP contribution >= 0.6 is 11.6 Å². The molecule has 3 rings (SSSR count). The Morgan fingerprint density at radius 1 is 1.42 bits per heavy atom. The van der Waals surface area contributed by atoms with Gasteiger partial charge in [0.25, 0.3) is 0 Å². The summed E-state index contributed by atoms with van der Waals surface area (Å²) in [4.78, 5) is 11.9. The smallest absolute Gasteiger partial charge is 0.243 e. The summed E-state index contributed by atoms with van der Waals surface area (Å²) < 4.78 is 28.9. The van der Waals surface area contributed by atoms with E-state index in [9.17, 15) is 13.2 Å². The molecular formula is C15H17ClN4O3S. The largest absolute Gasteiger partial charge is 0.359 e. The Balaban J connectivity index is 1.94. The maximum atomic E-state index is 12.9. The average Bonchev–Trinajstić information content (AvgIpc) is 3.03. The van der Waals surface area contributed by atoms with Crippen LogP contribution in [0.2, 0.25) is 5.02 Å². The van der Waals surface area contributed by atoms with Crippen molar-refractivity contribution in [1.29, 1.82) is 0 Å². The van der Waals surface area contributed by atoms with Gasteiger partial charge in [-0.3, -0.25) is 9.48 Å². The Labute approximate surface area is 145 Å². The molecule has 0 saturated heterocycles. The van der Waals surface area contributed by atoms with Crippen molar-refractivity contribution in [2.24, 2.45) is 0 Å². The van der Waals surface area contributed by atoms with Gasteiger partial charge in [-0.05, 0) is 24.3 Å². The van der Waals surface area contributed by atoms with E-state index in [2.05, 4.69) is 10.4 Å². The van der Waals surface area contributed by atoms with Crippen LogP contribution in [-0.4, -0.2) is 42.0 Å². The highest BCUT2D eigenvalue weighted by atomic mass is 35.5. The van der Waals surface area contributed by atoms with Gasteiger partial charge in [-0.2, -0.15) is 9.40 Å². The zero-order valence-electron chi connectivity index (χ0n) is 13.0. The number of nitrogens with zero attached hydrogens (tertiary/aromatic N) is 3. The second kappa shape index (κ2) is 6.54. The third-order valence-electron chi connectivity index (χ3n) is 3.98. The molecule has 1 aliphatic heterocycles. The first kappa shape index (κ1) is 16.9. The number of sulfonamides is 1. The molecule has 0 saturated carbocycles. The Bertz CT molecular complexity index is 865. The monoisotopic (exact) mass is 368 g/mol. The number of hydrogen-bond donors (Lipinski definition) is 1. The fourth-order valence-corrected chi connectivity index (χ4v) is 4.53. The van der Waals surface area contributed by atoms with Gasteiger partial charge in [-0.1, -0.05) is 17.7 Å². The lowest BCUT2D eigenvalue weighted by atomic mass is 10.1. The summed E-state index contributed by atoms with van der Waals surface area (Å²) in [5, 5.41) is 7.15. The number of halogens is 1. The molecule has 1 aliphatic rings. The Morgan fingerprint density at radius 2 is 2.21 bits per heavy atom.